The molecule has 0 N–H and O–H groups in total. The van der Waals surface area contributed by atoms with E-state index in [-0.39, 0.29) is 12.5 Å². The third kappa shape index (κ3) is 5.22. The molecule has 0 aliphatic carbocycles. The van der Waals surface area contributed by atoms with Gasteiger partial charge >= 0.3 is 0 Å². The molecule has 1 aliphatic rings. The van der Waals surface area contributed by atoms with Gasteiger partial charge in [0.15, 0.2) is 23.3 Å². The van der Waals surface area contributed by atoms with E-state index >= 15 is 0 Å². The van der Waals surface area contributed by atoms with Crippen LogP contribution in [0.25, 0.3) is 6.08 Å². The average Bonchev–Trinajstić information content (AvgIpc) is 3.03. The molecular formula is C23H23N3O3S. The van der Waals surface area contributed by atoms with Gasteiger partial charge in [0, 0.05) is 6.54 Å². The third-order valence-corrected chi connectivity index (χ3v) is 5.18. The van der Waals surface area contributed by atoms with Crippen LogP contribution in [-0.4, -0.2) is 35.7 Å². The maximum atomic E-state index is 13.0. The van der Waals surface area contributed by atoms with Crippen LogP contribution in [0.1, 0.15) is 25.8 Å². The number of benzene rings is 2. The molecule has 2 aromatic carbocycles. The van der Waals surface area contributed by atoms with E-state index in [2.05, 4.69) is 4.99 Å². The van der Waals surface area contributed by atoms with Crippen molar-refractivity contribution in [3.63, 3.8) is 0 Å². The van der Waals surface area contributed by atoms with Crippen molar-refractivity contribution in [2.45, 2.75) is 20.3 Å². The molecule has 30 heavy (non-hydrogen) atoms. The van der Waals surface area contributed by atoms with Crippen molar-refractivity contribution in [2.24, 2.45) is 4.99 Å². The van der Waals surface area contributed by atoms with Crippen molar-refractivity contribution in [3.8, 4) is 17.6 Å². The Morgan fingerprint density at radius 1 is 1.13 bits per heavy atom. The quantitative estimate of drug-likeness (QED) is 0.561. The van der Waals surface area contributed by atoms with Gasteiger partial charge in [-0.2, -0.15) is 5.26 Å². The van der Waals surface area contributed by atoms with E-state index in [9.17, 15) is 4.79 Å². The molecule has 1 aliphatic heterocycles. The number of thioether (sulfide) groups is 1. The first-order valence-corrected chi connectivity index (χ1v) is 10.6. The average molecular weight is 422 g/mol. The Balaban J connectivity index is 1.91. The Morgan fingerprint density at radius 2 is 1.93 bits per heavy atom. The minimum absolute atomic E-state index is 0.0554. The highest BCUT2D eigenvalue weighted by Gasteiger charge is 2.32. The smallest absolute Gasteiger partial charge is 0.266 e. The second kappa shape index (κ2) is 10.5. The summed E-state index contributed by atoms with van der Waals surface area (Å²) < 4.78 is 11.0. The van der Waals surface area contributed by atoms with Crippen LogP contribution < -0.4 is 9.47 Å². The summed E-state index contributed by atoms with van der Waals surface area (Å²) in [4.78, 5) is 20.0. The summed E-state index contributed by atoms with van der Waals surface area (Å²) in [6.45, 7) is 4.94. The van der Waals surface area contributed by atoms with E-state index in [4.69, 9.17) is 14.7 Å². The Labute approximate surface area is 180 Å². The van der Waals surface area contributed by atoms with Crippen LogP contribution in [-0.2, 0) is 4.79 Å². The lowest BCUT2D eigenvalue weighted by Gasteiger charge is -2.13. The number of nitrogens with zero attached hydrogens (tertiary/aromatic N) is 3. The summed E-state index contributed by atoms with van der Waals surface area (Å²) in [6.07, 6.45) is 2.67. The number of amides is 1. The van der Waals surface area contributed by atoms with E-state index < -0.39 is 0 Å². The molecule has 1 saturated heterocycles. The Bertz CT molecular complexity index is 996. The number of hydrogen-bond donors (Lipinski definition) is 0. The number of amidine groups is 1. The van der Waals surface area contributed by atoms with Gasteiger partial charge in [-0.1, -0.05) is 31.2 Å². The van der Waals surface area contributed by atoms with Gasteiger partial charge in [0.05, 0.1) is 17.2 Å². The largest absolute Gasteiger partial charge is 0.490 e. The van der Waals surface area contributed by atoms with Crippen molar-refractivity contribution in [2.75, 3.05) is 19.8 Å². The van der Waals surface area contributed by atoms with Crippen LogP contribution in [0.2, 0.25) is 0 Å². The lowest BCUT2D eigenvalue weighted by molar-refractivity contribution is -0.122. The van der Waals surface area contributed by atoms with Gasteiger partial charge < -0.3 is 9.47 Å². The molecule has 0 atom stereocenters. The number of nitriles is 1. The monoisotopic (exact) mass is 421 g/mol. The normalized spacial score (nSPS) is 16.2. The zero-order chi connectivity index (χ0) is 21.3. The fraction of sp³-hybridized carbons (Fsp3) is 0.261. The van der Waals surface area contributed by atoms with Gasteiger partial charge in [0.2, 0.25) is 0 Å². The topological polar surface area (TPSA) is 74.9 Å². The second-order valence-corrected chi connectivity index (χ2v) is 7.39. The standard InChI is InChI=1S/C23H23N3O3S/c1-3-13-26-22(27)21(30-23(26)25-18-8-6-5-7-9-18)16-17-10-11-19(29-14-12-24)20(15-17)28-4-2/h5-11,15-16H,3-4,13-14H2,1-2H3/b21-16+,25-23?. The summed E-state index contributed by atoms with van der Waals surface area (Å²) >= 11 is 1.37. The van der Waals surface area contributed by atoms with Gasteiger partial charge in [0.1, 0.15) is 6.07 Å². The first kappa shape index (κ1) is 21.5. The zero-order valence-electron chi connectivity index (χ0n) is 17.0. The number of hydrogen-bond acceptors (Lipinski definition) is 6. The van der Waals surface area contributed by atoms with Crippen molar-refractivity contribution in [1.82, 2.24) is 4.90 Å². The van der Waals surface area contributed by atoms with Crippen molar-refractivity contribution < 1.29 is 14.3 Å². The maximum Gasteiger partial charge on any atom is 0.266 e. The number of carbonyl (C=O) groups is 1. The van der Waals surface area contributed by atoms with E-state index in [0.29, 0.717) is 34.7 Å². The fourth-order valence-corrected chi connectivity index (χ4v) is 3.91. The summed E-state index contributed by atoms with van der Waals surface area (Å²) in [5, 5.41) is 9.42. The molecule has 2 aromatic rings. The van der Waals surface area contributed by atoms with Crippen molar-refractivity contribution in [1.29, 1.82) is 5.26 Å². The van der Waals surface area contributed by atoms with Crippen LogP contribution in [0.3, 0.4) is 0 Å². The minimum atomic E-state index is -0.0562. The number of rotatable bonds is 8. The molecule has 0 aromatic heterocycles. The van der Waals surface area contributed by atoms with Crippen molar-refractivity contribution in [3.05, 3.63) is 59.0 Å². The van der Waals surface area contributed by atoms with Crippen LogP contribution in [0.4, 0.5) is 5.69 Å². The summed E-state index contributed by atoms with van der Waals surface area (Å²) in [5.74, 6) is 0.991. The summed E-state index contributed by atoms with van der Waals surface area (Å²) in [7, 11) is 0. The van der Waals surface area contributed by atoms with Gasteiger partial charge in [0.25, 0.3) is 5.91 Å². The Kier molecular flexibility index (Phi) is 7.52. The fourth-order valence-electron chi connectivity index (χ4n) is 2.89. The zero-order valence-corrected chi connectivity index (χ0v) is 17.8. The lowest BCUT2D eigenvalue weighted by atomic mass is 10.2. The molecular weight excluding hydrogens is 398 g/mol. The molecule has 1 heterocycles. The first-order valence-electron chi connectivity index (χ1n) is 9.78. The van der Waals surface area contributed by atoms with Crippen LogP contribution >= 0.6 is 11.8 Å². The van der Waals surface area contributed by atoms with E-state index in [1.165, 1.54) is 11.8 Å². The minimum Gasteiger partial charge on any atom is -0.490 e. The molecule has 154 valence electrons. The van der Waals surface area contributed by atoms with Gasteiger partial charge in [-0.3, -0.25) is 9.69 Å². The Morgan fingerprint density at radius 3 is 2.63 bits per heavy atom. The van der Waals surface area contributed by atoms with E-state index in [0.717, 1.165) is 17.7 Å². The highest BCUT2D eigenvalue weighted by molar-refractivity contribution is 8.18. The number of para-hydroxylation sites is 1. The van der Waals surface area contributed by atoms with Crippen LogP contribution in [0.5, 0.6) is 11.5 Å². The highest BCUT2D eigenvalue weighted by atomic mass is 32.2. The van der Waals surface area contributed by atoms with Gasteiger partial charge in [-0.25, -0.2) is 4.99 Å². The van der Waals surface area contributed by atoms with Crippen LogP contribution in [0.15, 0.2) is 58.4 Å². The molecule has 6 nitrogen and oxygen atoms in total. The van der Waals surface area contributed by atoms with Gasteiger partial charge in [-0.15, -0.1) is 0 Å². The first-order chi connectivity index (χ1) is 14.7. The molecule has 0 spiro atoms. The van der Waals surface area contributed by atoms with E-state index in [1.807, 2.05) is 68.5 Å². The molecule has 0 unspecified atom stereocenters. The maximum absolute atomic E-state index is 13.0. The molecule has 0 bridgehead atoms. The predicted octanol–water partition coefficient (Wildman–Crippen LogP) is 5.00. The third-order valence-electron chi connectivity index (χ3n) is 4.17. The molecule has 7 heteroatoms. The molecule has 0 radical (unpaired) electrons. The van der Waals surface area contributed by atoms with Crippen molar-refractivity contribution >= 4 is 34.6 Å². The molecule has 1 amide bonds. The predicted molar refractivity (Wildman–Crippen MR) is 120 cm³/mol. The van der Waals surface area contributed by atoms with Crippen LogP contribution in [0, 0.1) is 11.3 Å². The Hall–Kier alpha value is -3.24. The second-order valence-electron chi connectivity index (χ2n) is 6.38. The lowest BCUT2D eigenvalue weighted by Crippen LogP contribution is -2.29. The molecule has 3 rings (SSSR count). The molecule has 0 saturated carbocycles. The number of ether oxygens (including phenoxy) is 2. The van der Waals surface area contributed by atoms with Gasteiger partial charge in [-0.05, 0) is 61.0 Å². The molecule has 1 fully saturated rings. The highest BCUT2D eigenvalue weighted by Crippen LogP contribution is 2.36. The van der Waals surface area contributed by atoms with E-state index in [1.54, 1.807) is 11.0 Å². The summed E-state index contributed by atoms with van der Waals surface area (Å²) in [5.41, 5.74) is 1.63. The number of carbonyl (C=O) groups excluding carboxylic acids is 1. The SMILES string of the molecule is CCCN1C(=O)/C(=C\c2ccc(OCC#N)c(OCC)c2)SC1=Nc1ccccc1. The number of aliphatic imine (C=N–C) groups is 1. The summed E-state index contributed by atoms with van der Waals surface area (Å²) in [6, 6.07) is 17.0.